The molecule has 0 aromatic rings. The molecule has 1 rings (SSSR count). The second kappa shape index (κ2) is 5.75. The lowest BCUT2D eigenvalue weighted by molar-refractivity contribution is -0.135. The van der Waals surface area contributed by atoms with Crippen LogP contribution in [0.5, 0.6) is 0 Å². The fourth-order valence-corrected chi connectivity index (χ4v) is 1.91. The number of nitrogens with two attached hydrogens (primary N) is 1. The highest BCUT2D eigenvalue weighted by atomic mass is 35.5. The molecule has 0 heterocycles. The van der Waals surface area contributed by atoms with Gasteiger partial charge in [-0.15, -0.1) is 24.8 Å². The SMILES string of the molecule is CCC1(C(N)=O)CCC(O)C1O.Cl.Cl. The van der Waals surface area contributed by atoms with Gasteiger partial charge in [0, 0.05) is 0 Å². The molecular weight excluding hydrogens is 229 g/mol. The second-order valence-electron chi connectivity index (χ2n) is 3.42. The molecule has 0 aromatic carbocycles. The van der Waals surface area contributed by atoms with Crippen molar-refractivity contribution in [3.63, 3.8) is 0 Å². The van der Waals surface area contributed by atoms with Crippen LogP contribution in [0.3, 0.4) is 0 Å². The first-order valence-electron chi connectivity index (χ1n) is 4.20. The summed E-state index contributed by atoms with van der Waals surface area (Å²) in [4.78, 5) is 11.1. The molecule has 1 saturated carbocycles. The predicted molar refractivity (Wildman–Crippen MR) is 57.7 cm³/mol. The van der Waals surface area contributed by atoms with E-state index in [1.54, 1.807) is 6.92 Å². The lowest BCUT2D eigenvalue weighted by atomic mass is 9.80. The summed E-state index contributed by atoms with van der Waals surface area (Å²) in [5.41, 5.74) is 4.30. The van der Waals surface area contributed by atoms with Gasteiger partial charge in [-0.25, -0.2) is 0 Å². The largest absolute Gasteiger partial charge is 0.390 e. The van der Waals surface area contributed by atoms with Crippen LogP contribution < -0.4 is 5.73 Å². The molecule has 0 saturated heterocycles. The molecule has 1 aliphatic rings. The third-order valence-corrected chi connectivity index (χ3v) is 2.94. The number of halogens is 2. The number of primary amides is 1. The lowest BCUT2D eigenvalue weighted by Crippen LogP contribution is -2.45. The normalized spacial score (nSPS) is 35.6. The number of aliphatic hydroxyl groups is 2. The van der Waals surface area contributed by atoms with Crippen molar-refractivity contribution in [2.45, 2.75) is 38.4 Å². The fraction of sp³-hybridized carbons (Fsp3) is 0.875. The molecule has 3 atom stereocenters. The first-order chi connectivity index (χ1) is 5.54. The third-order valence-electron chi connectivity index (χ3n) is 2.94. The van der Waals surface area contributed by atoms with Crippen LogP contribution in [0.2, 0.25) is 0 Å². The summed E-state index contributed by atoms with van der Waals surface area (Å²) in [6.07, 6.45) is -0.350. The van der Waals surface area contributed by atoms with Crippen molar-refractivity contribution in [3.05, 3.63) is 0 Å². The number of aliphatic hydroxyl groups excluding tert-OH is 2. The van der Waals surface area contributed by atoms with Crippen LogP contribution in [-0.4, -0.2) is 28.3 Å². The first kappa shape index (κ1) is 16.4. The first-order valence-corrected chi connectivity index (χ1v) is 4.20. The van der Waals surface area contributed by atoms with Crippen LogP contribution in [0.15, 0.2) is 0 Å². The van der Waals surface area contributed by atoms with E-state index in [4.69, 9.17) is 5.73 Å². The maximum absolute atomic E-state index is 11.1. The van der Waals surface area contributed by atoms with E-state index >= 15 is 0 Å². The highest BCUT2D eigenvalue weighted by molar-refractivity contribution is 5.85. The predicted octanol–water partition coefficient (Wildman–Crippen LogP) is 0.227. The molecule has 1 amide bonds. The molecule has 0 radical (unpaired) electrons. The smallest absolute Gasteiger partial charge is 0.226 e. The number of carbonyl (C=O) groups excluding carboxylic acids is 1. The Labute approximate surface area is 95.7 Å². The molecule has 4 nitrogen and oxygen atoms in total. The minimum absolute atomic E-state index is 0. The van der Waals surface area contributed by atoms with Crippen LogP contribution in [0.1, 0.15) is 26.2 Å². The van der Waals surface area contributed by atoms with Crippen molar-refractivity contribution in [2.75, 3.05) is 0 Å². The number of carbonyl (C=O) groups is 1. The topological polar surface area (TPSA) is 83.6 Å². The van der Waals surface area contributed by atoms with Gasteiger partial charge in [0.25, 0.3) is 0 Å². The Hall–Kier alpha value is -0.0300. The van der Waals surface area contributed by atoms with E-state index < -0.39 is 23.5 Å². The average Bonchev–Trinajstić information content (AvgIpc) is 2.31. The molecular formula is C8H17Cl2NO3. The lowest BCUT2D eigenvalue weighted by Gasteiger charge is -2.28. The van der Waals surface area contributed by atoms with E-state index in [9.17, 15) is 15.0 Å². The monoisotopic (exact) mass is 245 g/mol. The van der Waals surface area contributed by atoms with E-state index in [1.165, 1.54) is 0 Å². The van der Waals surface area contributed by atoms with E-state index in [0.717, 1.165) is 0 Å². The highest BCUT2D eigenvalue weighted by Gasteiger charge is 2.50. The Morgan fingerprint density at radius 1 is 1.50 bits per heavy atom. The second-order valence-corrected chi connectivity index (χ2v) is 3.42. The van der Waals surface area contributed by atoms with Gasteiger partial charge in [-0.3, -0.25) is 4.79 Å². The summed E-state index contributed by atoms with van der Waals surface area (Å²) < 4.78 is 0. The minimum atomic E-state index is -0.986. The Bertz CT molecular complexity index is 203. The van der Waals surface area contributed by atoms with Gasteiger partial charge < -0.3 is 15.9 Å². The summed E-state index contributed by atoms with van der Waals surface area (Å²) >= 11 is 0. The summed E-state index contributed by atoms with van der Waals surface area (Å²) in [7, 11) is 0. The van der Waals surface area contributed by atoms with Gasteiger partial charge in [0.1, 0.15) is 0 Å². The van der Waals surface area contributed by atoms with E-state index in [-0.39, 0.29) is 24.8 Å². The number of amides is 1. The average molecular weight is 246 g/mol. The van der Waals surface area contributed by atoms with E-state index in [0.29, 0.717) is 19.3 Å². The zero-order valence-electron chi connectivity index (χ0n) is 7.97. The molecule has 3 unspecified atom stereocenters. The molecule has 0 spiro atoms. The van der Waals surface area contributed by atoms with Crippen molar-refractivity contribution in [3.8, 4) is 0 Å². The Morgan fingerprint density at radius 2 is 2.00 bits per heavy atom. The third kappa shape index (κ3) is 2.31. The maximum Gasteiger partial charge on any atom is 0.226 e. The Kier molecular flexibility index (Phi) is 6.74. The van der Waals surface area contributed by atoms with E-state index in [2.05, 4.69) is 0 Å². The van der Waals surface area contributed by atoms with Crippen molar-refractivity contribution >= 4 is 30.7 Å². The quantitative estimate of drug-likeness (QED) is 0.652. The summed E-state index contributed by atoms with van der Waals surface area (Å²) in [6.45, 7) is 1.80. The standard InChI is InChI=1S/C8H15NO3.2ClH/c1-2-8(7(9)12)4-3-5(10)6(8)11;;/h5-6,10-11H,2-4H2,1H3,(H2,9,12);2*1H. The molecule has 0 bridgehead atoms. The number of hydrogen-bond donors (Lipinski definition) is 3. The van der Waals surface area contributed by atoms with Crippen LogP contribution in [-0.2, 0) is 4.79 Å². The molecule has 6 heteroatoms. The Balaban J connectivity index is 0. The highest BCUT2D eigenvalue weighted by Crippen LogP contribution is 2.40. The van der Waals surface area contributed by atoms with Crippen LogP contribution in [0, 0.1) is 5.41 Å². The zero-order valence-corrected chi connectivity index (χ0v) is 9.61. The fourth-order valence-electron chi connectivity index (χ4n) is 1.91. The van der Waals surface area contributed by atoms with Gasteiger partial charge in [0.05, 0.1) is 17.6 Å². The van der Waals surface area contributed by atoms with Gasteiger partial charge in [-0.1, -0.05) is 6.92 Å². The summed E-state index contributed by atoms with van der Waals surface area (Å²) in [5.74, 6) is -0.506. The van der Waals surface area contributed by atoms with Crippen molar-refractivity contribution in [1.29, 1.82) is 0 Å². The maximum atomic E-state index is 11.1. The van der Waals surface area contributed by atoms with E-state index in [1.807, 2.05) is 0 Å². The minimum Gasteiger partial charge on any atom is -0.390 e. The Morgan fingerprint density at radius 3 is 2.14 bits per heavy atom. The zero-order chi connectivity index (χ0) is 9.35. The summed E-state index contributed by atoms with van der Waals surface area (Å²) in [5, 5.41) is 18.8. The van der Waals surface area contributed by atoms with Crippen molar-refractivity contribution in [1.82, 2.24) is 0 Å². The molecule has 86 valence electrons. The van der Waals surface area contributed by atoms with Gasteiger partial charge in [-0.05, 0) is 19.3 Å². The number of hydrogen-bond acceptors (Lipinski definition) is 3. The van der Waals surface area contributed by atoms with Gasteiger partial charge >= 0.3 is 0 Å². The van der Waals surface area contributed by atoms with Crippen LogP contribution in [0.25, 0.3) is 0 Å². The van der Waals surface area contributed by atoms with Crippen molar-refractivity contribution < 1.29 is 15.0 Å². The van der Waals surface area contributed by atoms with Gasteiger partial charge in [0.2, 0.25) is 5.91 Å². The van der Waals surface area contributed by atoms with Gasteiger partial charge in [0.15, 0.2) is 0 Å². The molecule has 4 N–H and O–H groups in total. The van der Waals surface area contributed by atoms with Crippen LogP contribution >= 0.6 is 24.8 Å². The number of rotatable bonds is 2. The van der Waals surface area contributed by atoms with Crippen molar-refractivity contribution in [2.24, 2.45) is 11.1 Å². The molecule has 1 fully saturated rings. The molecule has 0 aliphatic heterocycles. The van der Waals surface area contributed by atoms with Gasteiger partial charge in [-0.2, -0.15) is 0 Å². The van der Waals surface area contributed by atoms with Crippen LogP contribution in [0.4, 0.5) is 0 Å². The molecule has 0 aromatic heterocycles. The molecule has 14 heavy (non-hydrogen) atoms. The molecule has 1 aliphatic carbocycles. The summed E-state index contributed by atoms with van der Waals surface area (Å²) in [6, 6.07) is 0.